The van der Waals surface area contributed by atoms with Gasteiger partial charge in [-0.3, -0.25) is 0 Å². The standard InChI is InChI=1S/C11H9BrClNO/c1-7-4-8(13)2-3-10(7)11-5-9(6-12)15-14-11/h2-5H,6H2,1H3. The van der Waals surface area contributed by atoms with Crippen LogP contribution in [0.1, 0.15) is 11.3 Å². The van der Waals surface area contributed by atoms with Crippen molar-refractivity contribution < 1.29 is 4.52 Å². The average Bonchev–Trinajstić information content (AvgIpc) is 2.66. The maximum absolute atomic E-state index is 5.89. The molecule has 0 amide bonds. The van der Waals surface area contributed by atoms with Gasteiger partial charge in [-0.25, -0.2) is 0 Å². The molecule has 15 heavy (non-hydrogen) atoms. The van der Waals surface area contributed by atoms with Crippen LogP contribution in [0.2, 0.25) is 5.02 Å². The second-order valence-electron chi connectivity index (χ2n) is 3.27. The van der Waals surface area contributed by atoms with Crippen molar-refractivity contribution in [1.29, 1.82) is 0 Å². The van der Waals surface area contributed by atoms with Gasteiger partial charge < -0.3 is 4.52 Å². The molecule has 0 unspecified atom stereocenters. The highest BCUT2D eigenvalue weighted by atomic mass is 79.9. The molecule has 0 bridgehead atoms. The minimum absolute atomic E-state index is 0.673. The first-order valence-corrected chi connectivity index (χ1v) is 5.98. The van der Waals surface area contributed by atoms with Crippen LogP contribution in [0.15, 0.2) is 28.8 Å². The number of benzene rings is 1. The number of hydrogen-bond acceptors (Lipinski definition) is 2. The van der Waals surface area contributed by atoms with E-state index in [0.29, 0.717) is 5.33 Å². The molecule has 2 nitrogen and oxygen atoms in total. The SMILES string of the molecule is Cc1cc(Cl)ccc1-c1cc(CBr)on1. The van der Waals surface area contributed by atoms with Crippen molar-refractivity contribution in [3.05, 3.63) is 40.6 Å². The van der Waals surface area contributed by atoms with Gasteiger partial charge in [0.1, 0.15) is 11.5 Å². The van der Waals surface area contributed by atoms with Crippen molar-refractivity contribution in [2.75, 3.05) is 0 Å². The molecule has 0 saturated heterocycles. The minimum atomic E-state index is 0.673. The average molecular weight is 287 g/mol. The fourth-order valence-corrected chi connectivity index (χ4v) is 1.91. The van der Waals surface area contributed by atoms with E-state index in [1.807, 2.05) is 31.2 Å². The lowest BCUT2D eigenvalue weighted by molar-refractivity contribution is 0.398. The van der Waals surface area contributed by atoms with Gasteiger partial charge in [-0.2, -0.15) is 0 Å². The highest BCUT2D eigenvalue weighted by Crippen LogP contribution is 2.26. The highest BCUT2D eigenvalue weighted by Gasteiger charge is 2.08. The zero-order valence-electron chi connectivity index (χ0n) is 8.13. The molecule has 2 aromatic rings. The van der Waals surface area contributed by atoms with Gasteiger partial charge in [-0.05, 0) is 24.6 Å². The Morgan fingerprint density at radius 2 is 2.20 bits per heavy atom. The van der Waals surface area contributed by atoms with Gasteiger partial charge in [-0.1, -0.05) is 38.8 Å². The number of aryl methyl sites for hydroxylation is 1. The first kappa shape index (κ1) is 10.7. The van der Waals surface area contributed by atoms with Crippen molar-refractivity contribution in [2.24, 2.45) is 0 Å². The fraction of sp³-hybridized carbons (Fsp3) is 0.182. The van der Waals surface area contributed by atoms with Crippen LogP contribution in [-0.2, 0) is 5.33 Å². The van der Waals surface area contributed by atoms with Crippen LogP contribution in [0.25, 0.3) is 11.3 Å². The summed E-state index contributed by atoms with van der Waals surface area (Å²) in [5.41, 5.74) is 2.99. The number of rotatable bonds is 2. The molecule has 0 aliphatic carbocycles. The zero-order valence-corrected chi connectivity index (χ0v) is 10.5. The van der Waals surface area contributed by atoms with E-state index >= 15 is 0 Å². The summed E-state index contributed by atoms with van der Waals surface area (Å²) >= 11 is 9.20. The third-order valence-electron chi connectivity index (χ3n) is 2.16. The predicted octanol–water partition coefficient (Wildman–Crippen LogP) is 4.20. The maximum atomic E-state index is 5.89. The summed E-state index contributed by atoms with van der Waals surface area (Å²) in [7, 11) is 0. The van der Waals surface area contributed by atoms with E-state index in [0.717, 1.165) is 27.6 Å². The summed E-state index contributed by atoms with van der Waals surface area (Å²) in [6.07, 6.45) is 0. The molecule has 0 aliphatic rings. The van der Waals surface area contributed by atoms with Gasteiger partial charge in [0.15, 0.2) is 0 Å². The Hall–Kier alpha value is -0.800. The Balaban J connectivity index is 2.44. The van der Waals surface area contributed by atoms with Crippen LogP contribution in [-0.4, -0.2) is 5.16 Å². The van der Waals surface area contributed by atoms with Gasteiger partial charge in [0.25, 0.3) is 0 Å². The monoisotopic (exact) mass is 285 g/mol. The summed E-state index contributed by atoms with van der Waals surface area (Å²) in [6.45, 7) is 2.00. The van der Waals surface area contributed by atoms with Crippen LogP contribution < -0.4 is 0 Å². The van der Waals surface area contributed by atoms with Gasteiger partial charge in [0, 0.05) is 16.7 Å². The molecule has 2 rings (SSSR count). The first-order valence-electron chi connectivity index (χ1n) is 4.49. The van der Waals surface area contributed by atoms with Gasteiger partial charge in [-0.15, -0.1) is 0 Å². The highest BCUT2D eigenvalue weighted by molar-refractivity contribution is 9.08. The molecule has 1 aromatic carbocycles. The molecule has 1 heterocycles. The molecular formula is C11H9BrClNO. The molecule has 0 atom stereocenters. The molecular weight excluding hydrogens is 277 g/mol. The number of nitrogens with zero attached hydrogens (tertiary/aromatic N) is 1. The Labute approximate surface area is 101 Å². The van der Waals surface area contributed by atoms with Crippen LogP contribution >= 0.6 is 27.5 Å². The molecule has 0 spiro atoms. The molecule has 0 aliphatic heterocycles. The number of aromatic nitrogens is 1. The smallest absolute Gasteiger partial charge is 0.147 e. The fourth-order valence-electron chi connectivity index (χ4n) is 1.42. The van der Waals surface area contributed by atoms with E-state index in [-0.39, 0.29) is 0 Å². The summed E-state index contributed by atoms with van der Waals surface area (Å²) in [5, 5.41) is 5.41. The van der Waals surface area contributed by atoms with E-state index in [2.05, 4.69) is 21.1 Å². The largest absolute Gasteiger partial charge is 0.360 e. The molecule has 0 saturated carbocycles. The van der Waals surface area contributed by atoms with Crippen LogP contribution in [0.4, 0.5) is 0 Å². The Kier molecular flexibility index (Phi) is 3.12. The zero-order chi connectivity index (χ0) is 10.8. The molecule has 0 N–H and O–H groups in total. The van der Waals surface area contributed by atoms with Crippen LogP contribution in [0.3, 0.4) is 0 Å². The molecule has 0 radical (unpaired) electrons. The minimum Gasteiger partial charge on any atom is -0.360 e. The first-order chi connectivity index (χ1) is 7.20. The maximum Gasteiger partial charge on any atom is 0.147 e. The third kappa shape index (κ3) is 2.24. The van der Waals surface area contributed by atoms with Crippen LogP contribution in [0.5, 0.6) is 0 Å². The van der Waals surface area contributed by atoms with Gasteiger partial charge >= 0.3 is 0 Å². The quantitative estimate of drug-likeness (QED) is 0.773. The Bertz CT molecular complexity index is 481. The number of halogens is 2. The lowest BCUT2D eigenvalue weighted by Crippen LogP contribution is -1.82. The molecule has 78 valence electrons. The van der Waals surface area contributed by atoms with Gasteiger partial charge in [0.2, 0.25) is 0 Å². The van der Waals surface area contributed by atoms with E-state index in [1.165, 1.54) is 0 Å². The van der Waals surface area contributed by atoms with Crippen molar-refractivity contribution >= 4 is 27.5 Å². The number of alkyl halides is 1. The summed E-state index contributed by atoms with van der Waals surface area (Å²) in [6, 6.07) is 7.64. The van der Waals surface area contributed by atoms with E-state index in [9.17, 15) is 0 Å². The number of hydrogen-bond donors (Lipinski definition) is 0. The molecule has 1 aromatic heterocycles. The Morgan fingerprint density at radius 1 is 1.40 bits per heavy atom. The molecule has 4 heteroatoms. The molecule has 0 fully saturated rings. The second-order valence-corrected chi connectivity index (χ2v) is 4.27. The van der Waals surface area contributed by atoms with Gasteiger partial charge in [0.05, 0.1) is 5.33 Å². The normalized spacial score (nSPS) is 10.6. The topological polar surface area (TPSA) is 26.0 Å². The third-order valence-corrected chi connectivity index (χ3v) is 2.94. The predicted molar refractivity (Wildman–Crippen MR) is 64.3 cm³/mol. The van der Waals surface area contributed by atoms with Crippen molar-refractivity contribution in [3.63, 3.8) is 0 Å². The van der Waals surface area contributed by atoms with E-state index < -0.39 is 0 Å². The van der Waals surface area contributed by atoms with Crippen molar-refractivity contribution in [1.82, 2.24) is 5.16 Å². The Morgan fingerprint density at radius 3 is 2.80 bits per heavy atom. The second kappa shape index (κ2) is 4.37. The van der Waals surface area contributed by atoms with E-state index in [1.54, 1.807) is 0 Å². The van der Waals surface area contributed by atoms with Crippen molar-refractivity contribution in [3.8, 4) is 11.3 Å². The van der Waals surface area contributed by atoms with Crippen molar-refractivity contribution in [2.45, 2.75) is 12.3 Å². The summed E-state index contributed by atoms with van der Waals surface area (Å²) in [4.78, 5) is 0. The van der Waals surface area contributed by atoms with Crippen LogP contribution in [0, 0.1) is 6.92 Å². The summed E-state index contributed by atoms with van der Waals surface area (Å²) < 4.78 is 5.12. The lowest BCUT2D eigenvalue weighted by Gasteiger charge is -2.01. The summed E-state index contributed by atoms with van der Waals surface area (Å²) in [5.74, 6) is 0.819. The van der Waals surface area contributed by atoms with E-state index in [4.69, 9.17) is 16.1 Å². The lowest BCUT2D eigenvalue weighted by atomic mass is 10.1.